The highest BCUT2D eigenvalue weighted by atomic mass is 35.5. The van der Waals surface area contributed by atoms with Crippen LogP contribution in [-0.4, -0.2) is 25.1 Å². The molecule has 0 aliphatic carbocycles. The SMILES string of the molecule is CC(C)(C)S(=O)/N=C\c1nccnc1-c1ccc(Cl)cc1. The number of hydrogen-bond donors (Lipinski definition) is 0. The van der Waals surface area contributed by atoms with E-state index in [0.29, 0.717) is 16.4 Å². The fourth-order valence-electron chi connectivity index (χ4n) is 1.53. The zero-order valence-electron chi connectivity index (χ0n) is 12.1. The summed E-state index contributed by atoms with van der Waals surface area (Å²) >= 11 is 5.89. The summed E-state index contributed by atoms with van der Waals surface area (Å²) in [5.74, 6) is 0. The van der Waals surface area contributed by atoms with Crippen LogP contribution in [0, 0.1) is 0 Å². The highest BCUT2D eigenvalue weighted by Crippen LogP contribution is 2.21. The number of aromatic nitrogens is 2. The van der Waals surface area contributed by atoms with Gasteiger partial charge in [0.15, 0.2) is 0 Å². The molecule has 0 saturated heterocycles. The minimum atomic E-state index is -1.33. The van der Waals surface area contributed by atoms with Crippen molar-refractivity contribution in [3.8, 4) is 11.3 Å². The Hall–Kier alpha value is -1.59. The molecule has 1 aromatic heterocycles. The second-order valence-corrected chi connectivity index (χ2v) is 7.76. The van der Waals surface area contributed by atoms with Crippen molar-refractivity contribution in [1.29, 1.82) is 0 Å². The van der Waals surface area contributed by atoms with Gasteiger partial charge in [0.25, 0.3) is 0 Å². The molecule has 6 heteroatoms. The molecule has 0 saturated carbocycles. The Kier molecular flexibility index (Phi) is 4.85. The maximum absolute atomic E-state index is 12.0. The minimum absolute atomic E-state index is 0.404. The van der Waals surface area contributed by atoms with E-state index < -0.39 is 15.7 Å². The molecular formula is C15H16ClN3OS. The molecule has 21 heavy (non-hydrogen) atoms. The summed E-state index contributed by atoms with van der Waals surface area (Å²) in [5, 5.41) is 0.659. The highest BCUT2D eigenvalue weighted by Gasteiger charge is 2.18. The summed E-state index contributed by atoms with van der Waals surface area (Å²) in [6, 6.07) is 7.31. The van der Waals surface area contributed by atoms with Gasteiger partial charge in [0.05, 0.1) is 16.7 Å². The standard InChI is InChI=1S/C15H16ClN3OS/c1-15(2,3)21(20)19-10-13-14(18-9-8-17-13)11-4-6-12(16)7-5-11/h4-10H,1-3H3/b19-10-. The lowest BCUT2D eigenvalue weighted by Gasteiger charge is -2.12. The van der Waals surface area contributed by atoms with Gasteiger partial charge in [0.2, 0.25) is 0 Å². The highest BCUT2D eigenvalue weighted by molar-refractivity contribution is 7.85. The van der Waals surface area contributed by atoms with Crippen molar-refractivity contribution in [2.45, 2.75) is 25.5 Å². The Bertz CT molecular complexity index is 678. The zero-order chi connectivity index (χ0) is 15.5. The van der Waals surface area contributed by atoms with Gasteiger partial charge in [-0.1, -0.05) is 23.7 Å². The van der Waals surface area contributed by atoms with Gasteiger partial charge >= 0.3 is 0 Å². The summed E-state index contributed by atoms with van der Waals surface area (Å²) in [7, 11) is -1.33. The van der Waals surface area contributed by atoms with Crippen molar-refractivity contribution in [2.24, 2.45) is 4.40 Å². The predicted molar refractivity (Wildman–Crippen MR) is 88.0 cm³/mol. The molecule has 1 unspecified atom stereocenters. The molecule has 0 fully saturated rings. The van der Waals surface area contributed by atoms with E-state index in [2.05, 4.69) is 14.4 Å². The van der Waals surface area contributed by atoms with Gasteiger partial charge in [-0.3, -0.25) is 9.97 Å². The average molecular weight is 322 g/mol. The van der Waals surface area contributed by atoms with Crippen LogP contribution in [0.25, 0.3) is 11.3 Å². The summed E-state index contributed by atoms with van der Waals surface area (Å²) in [6.45, 7) is 5.62. The van der Waals surface area contributed by atoms with E-state index >= 15 is 0 Å². The molecular weight excluding hydrogens is 306 g/mol. The maximum atomic E-state index is 12.0. The number of benzene rings is 1. The van der Waals surface area contributed by atoms with Crippen LogP contribution in [0.1, 0.15) is 26.5 Å². The molecule has 1 aromatic carbocycles. The molecule has 0 radical (unpaired) electrons. The molecule has 1 atom stereocenters. The first-order valence-electron chi connectivity index (χ1n) is 6.41. The normalized spacial score (nSPS) is 13.5. The van der Waals surface area contributed by atoms with Crippen LogP contribution in [0.4, 0.5) is 0 Å². The summed E-state index contributed by atoms with van der Waals surface area (Å²) in [5.41, 5.74) is 2.15. The first-order chi connectivity index (χ1) is 9.88. The molecule has 2 aromatic rings. The molecule has 110 valence electrons. The molecule has 0 N–H and O–H groups in total. The molecule has 0 spiro atoms. The van der Waals surface area contributed by atoms with Crippen LogP contribution in [0.2, 0.25) is 5.02 Å². The van der Waals surface area contributed by atoms with Gasteiger partial charge in [-0.15, -0.1) is 0 Å². The largest absolute Gasteiger partial charge is 0.252 e. The van der Waals surface area contributed by atoms with E-state index in [9.17, 15) is 4.21 Å². The van der Waals surface area contributed by atoms with E-state index in [-0.39, 0.29) is 0 Å². The summed E-state index contributed by atoms with van der Waals surface area (Å²) in [6.07, 6.45) is 4.71. The average Bonchev–Trinajstić information content (AvgIpc) is 2.45. The van der Waals surface area contributed by atoms with Crippen LogP contribution in [0.5, 0.6) is 0 Å². The minimum Gasteiger partial charge on any atom is -0.252 e. The lowest BCUT2D eigenvalue weighted by molar-refractivity contribution is 0.651. The third-order valence-electron chi connectivity index (χ3n) is 2.64. The molecule has 4 nitrogen and oxygen atoms in total. The number of halogens is 1. The third-order valence-corrected chi connectivity index (χ3v) is 4.24. The van der Waals surface area contributed by atoms with E-state index in [1.165, 1.54) is 6.21 Å². The second-order valence-electron chi connectivity index (χ2n) is 5.39. The van der Waals surface area contributed by atoms with E-state index in [4.69, 9.17) is 11.6 Å². The molecule has 0 bridgehead atoms. The predicted octanol–water partition coefficient (Wildman–Crippen LogP) is 3.68. The van der Waals surface area contributed by atoms with Crippen molar-refractivity contribution >= 4 is 28.8 Å². The summed E-state index contributed by atoms with van der Waals surface area (Å²) in [4.78, 5) is 8.58. The third kappa shape index (κ3) is 4.19. The second kappa shape index (κ2) is 6.45. The Balaban J connectivity index is 2.36. The van der Waals surface area contributed by atoms with Crippen LogP contribution in [0.3, 0.4) is 0 Å². The van der Waals surface area contributed by atoms with Gasteiger partial charge in [0, 0.05) is 23.0 Å². The topological polar surface area (TPSA) is 55.2 Å². The number of nitrogens with zero attached hydrogens (tertiary/aromatic N) is 3. The molecule has 1 heterocycles. The molecule has 0 amide bonds. The number of rotatable bonds is 3. The van der Waals surface area contributed by atoms with Crippen molar-refractivity contribution in [2.75, 3.05) is 0 Å². The van der Waals surface area contributed by atoms with Gasteiger partial charge in [-0.2, -0.15) is 4.40 Å². The molecule has 2 rings (SSSR count). The van der Waals surface area contributed by atoms with Crippen LogP contribution >= 0.6 is 11.6 Å². The van der Waals surface area contributed by atoms with E-state index in [1.54, 1.807) is 24.5 Å². The van der Waals surface area contributed by atoms with Gasteiger partial charge in [-0.05, 0) is 32.9 Å². The van der Waals surface area contributed by atoms with Gasteiger partial charge in [-0.25, -0.2) is 4.21 Å². The van der Waals surface area contributed by atoms with Crippen molar-refractivity contribution in [1.82, 2.24) is 9.97 Å². The molecule has 0 aliphatic heterocycles. The van der Waals surface area contributed by atoms with Crippen LogP contribution in [0.15, 0.2) is 41.1 Å². The monoisotopic (exact) mass is 321 g/mol. The lowest BCUT2D eigenvalue weighted by atomic mass is 10.1. The first kappa shape index (κ1) is 15.8. The molecule has 0 aliphatic rings. The Morgan fingerprint density at radius 2 is 1.76 bits per heavy atom. The summed E-state index contributed by atoms with van der Waals surface area (Å²) < 4.78 is 15.7. The fraction of sp³-hybridized carbons (Fsp3) is 0.267. The zero-order valence-corrected chi connectivity index (χ0v) is 13.6. The van der Waals surface area contributed by atoms with E-state index in [1.807, 2.05) is 32.9 Å². The Morgan fingerprint density at radius 1 is 1.14 bits per heavy atom. The van der Waals surface area contributed by atoms with E-state index in [0.717, 1.165) is 5.56 Å². The van der Waals surface area contributed by atoms with Crippen LogP contribution < -0.4 is 0 Å². The lowest BCUT2D eigenvalue weighted by Crippen LogP contribution is -2.19. The smallest absolute Gasteiger partial charge is 0.144 e. The quantitative estimate of drug-likeness (QED) is 0.810. The van der Waals surface area contributed by atoms with Crippen molar-refractivity contribution in [3.63, 3.8) is 0 Å². The fourth-order valence-corrected chi connectivity index (χ4v) is 2.17. The number of hydrogen-bond acceptors (Lipinski definition) is 3. The van der Waals surface area contributed by atoms with Crippen molar-refractivity contribution in [3.05, 3.63) is 47.4 Å². The Morgan fingerprint density at radius 3 is 2.38 bits per heavy atom. The van der Waals surface area contributed by atoms with Gasteiger partial charge in [0.1, 0.15) is 16.7 Å². The van der Waals surface area contributed by atoms with Crippen LogP contribution in [-0.2, 0) is 11.0 Å². The Labute approximate surface area is 131 Å². The van der Waals surface area contributed by atoms with Gasteiger partial charge < -0.3 is 0 Å². The van der Waals surface area contributed by atoms with Crippen molar-refractivity contribution < 1.29 is 4.21 Å². The first-order valence-corrected chi connectivity index (χ1v) is 7.89. The maximum Gasteiger partial charge on any atom is 0.144 e.